The second-order valence-electron chi connectivity index (χ2n) is 6.92. The fraction of sp³-hybridized carbons (Fsp3) is 0.381. The van der Waals surface area contributed by atoms with Crippen LogP contribution in [0.3, 0.4) is 0 Å². The van der Waals surface area contributed by atoms with Crippen LogP contribution >= 0.6 is 0 Å². The van der Waals surface area contributed by atoms with Gasteiger partial charge in [0.1, 0.15) is 5.75 Å². The third-order valence-electron chi connectivity index (χ3n) is 4.84. The molecule has 2 heterocycles. The molecule has 2 N–H and O–H groups in total. The van der Waals surface area contributed by atoms with Crippen molar-refractivity contribution in [1.82, 2.24) is 9.78 Å². The maximum Gasteiger partial charge on any atom is 0.225 e. The Labute approximate surface area is 164 Å². The molecule has 7 heteroatoms. The summed E-state index contributed by atoms with van der Waals surface area (Å²) in [6.07, 6.45) is 5.27. The Balaban J connectivity index is 2.06. The molecule has 0 saturated heterocycles. The van der Waals surface area contributed by atoms with Crippen molar-refractivity contribution in [2.45, 2.75) is 45.6 Å². The molecule has 1 atom stereocenters. The summed E-state index contributed by atoms with van der Waals surface area (Å²) < 4.78 is 7.25. The van der Waals surface area contributed by atoms with Crippen LogP contribution in [-0.4, -0.2) is 28.7 Å². The second kappa shape index (κ2) is 8.29. The van der Waals surface area contributed by atoms with Crippen molar-refractivity contribution in [3.05, 3.63) is 47.8 Å². The SMILES string of the molecule is C=CCn1cc(C2CC(=O)Nc3cc(OC)c(NC(=O)CCC)cc32)c(C)n1. The van der Waals surface area contributed by atoms with Crippen molar-refractivity contribution in [1.29, 1.82) is 0 Å². The number of allylic oxidation sites excluding steroid dienone is 1. The quantitative estimate of drug-likeness (QED) is 0.717. The average molecular weight is 382 g/mol. The van der Waals surface area contributed by atoms with E-state index in [1.54, 1.807) is 19.3 Å². The van der Waals surface area contributed by atoms with Gasteiger partial charge in [0, 0.05) is 42.3 Å². The molecule has 1 aliphatic rings. The predicted octanol–water partition coefficient (Wildman–Crippen LogP) is 3.60. The lowest BCUT2D eigenvalue weighted by atomic mass is 9.84. The first-order valence-corrected chi connectivity index (χ1v) is 9.43. The van der Waals surface area contributed by atoms with Crippen molar-refractivity contribution >= 4 is 23.2 Å². The van der Waals surface area contributed by atoms with Crippen LogP contribution in [0.4, 0.5) is 11.4 Å². The maximum absolute atomic E-state index is 12.3. The topological polar surface area (TPSA) is 85.3 Å². The number of aromatic nitrogens is 2. The molecule has 3 rings (SSSR count). The van der Waals surface area contributed by atoms with Gasteiger partial charge in [-0.3, -0.25) is 14.3 Å². The highest BCUT2D eigenvalue weighted by atomic mass is 16.5. The number of amides is 2. The standard InChI is InChI=1S/C21H26N4O3/c1-5-7-20(26)23-18-9-15-14(16-12-25(8-6-2)24-13(16)3)10-21(27)22-17(15)11-19(18)28-4/h6,9,11-12,14H,2,5,7-8,10H2,1,3-4H3,(H,22,27)(H,23,26). The highest BCUT2D eigenvalue weighted by molar-refractivity contribution is 5.98. The molecule has 0 bridgehead atoms. The van der Waals surface area contributed by atoms with Gasteiger partial charge in [0.2, 0.25) is 11.8 Å². The number of nitrogens with one attached hydrogen (secondary N) is 2. The number of benzene rings is 1. The van der Waals surface area contributed by atoms with Crippen molar-refractivity contribution in [2.24, 2.45) is 0 Å². The molecule has 28 heavy (non-hydrogen) atoms. The van der Waals surface area contributed by atoms with E-state index in [9.17, 15) is 9.59 Å². The zero-order valence-electron chi connectivity index (χ0n) is 16.5. The fourth-order valence-corrected chi connectivity index (χ4v) is 3.57. The van der Waals surface area contributed by atoms with Gasteiger partial charge in [-0.2, -0.15) is 5.10 Å². The van der Waals surface area contributed by atoms with Gasteiger partial charge in [0.25, 0.3) is 0 Å². The van der Waals surface area contributed by atoms with E-state index < -0.39 is 0 Å². The number of anilines is 2. The van der Waals surface area contributed by atoms with Gasteiger partial charge in [0.05, 0.1) is 25.0 Å². The number of rotatable bonds is 7. The van der Waals surface area contributed by atoms with E-state index in [1.807, 2.05) is 30.8 Å². The zero-order valence-corrected chi connectivity index (χ0v) is 16.5. The van der Waals surface area contributed by atoms with E-state index in [-0.39, 0.29) is 17.7 Å². The van der Waals surface area contributed by atoms with Gasteiger partial charge in [-0.25, -0.2) is 0 Å². The van der Waals surface area contributed by atoms with Gasteiger partial charge in [-0.1, -0.05) is 13.0 Å². The molecule has 2 aromatic rings. The molecule has 148 valence electrons. The summed E-state index contributed by atoms with van der Waals surface area (Å²) in [5.74, 6) is 0.253. The second-order valence-corrected chi connectivity index (χ2v) is 6.92. The summed E-state index contributed by atoms with van der Waals surface area (Å²) in [7, 11) is 1.54. The van der Waals surface area contributed by atoms with E-state index in [0.29, 0.717) is 36.5 Å². The third-order valence-corrected chi connectivity index (χ3v) is 4.84. The molecule has 1 aromatic heterocycles. The molecule has 0 fully saturated rings. The molecular formula is C21H26N4O3. The normalized spacial score (nSPS) is 15.5. The van der Waals surface area contributed by atoms with Gasteiger partial charge in [-0.05, 0) is 25.0 Å². The lowest BCUT2D eigenvalue weighted by Crippen LogP contribution is -2.24. The molecule has 7 nitrogen and oxygen atoms in total. The average Bonchev–Trinajstić information content (AvgIpc) is 3.01. The van der Waals surface area contributed by atoms with Crippen LogP contribution in [0.2, 0.25) is 0 Å². The Morgan fingerprint density at radius 2 is 2.25 bits per heavy atom. The number of carbonyl (C=O) groups is 2. The molecule has 0 saturated carbocycles. The monoisotopic (exact) mass is 382 g/mol. The largest absolute Gasteiger partial charge is 0.494 e. The van der Waals surface area contributed by atoms with Gasteiger partial charge in [-0.15, -0.1) is 6.58 Å². The minimum atomic E-state index is -0.143. The predicted molar refractivity (Wildman–Crippen MR) is 109 cm³/mol. The summed E-state index contributed by atoms with van der Waals surface area (Å²) >= 11 is 0. The number of aryl methyl sites for hydroxylation is 1. The molecule has 0 radical (unpaired) electrons. The Morgan fingerprint density at radius 3 is 2.93 bits per heavy atom. The van der Waals surface area contributed by atoms with E-state index >= 15 is 0 Å². The van der Waals surface area contributed by atoms with E-state index in [0.717, 1.165) is 23.2 Å². The van der Waals surface area contributed by atoms with Crippen LogP contribution in [0.1, 0.15) is 48.9 Å². The molecule has 1 unspecified atom stereocenters. The summed E-state index contributed by atoms with van der Waals surface area (Å²) in [5.41, 5.74) is 4.11. The van der Waals surface area contributed by atoms with Crippen molar-refractivity contribution in [3.63, 3.8) is 0 Å². The number of carbonyl (C=O) groups excluding carboxylic acids is 2. The lowest BCUT2D eigenvalue weighted by molar-refractivity contribution is -0.117. The van der Waals surface area contributed by atoms with Gasteiger partial charge < -0.3 is 15.4 Å². The first-order chi connectivity index (χ1) is 13.5. The maximum atomic E-state index is 12.3. The number of ether oxygens (including phenoxy) is 1. The van der Waals surface area contributed by atoms with Crippen LogP contribution in [-0.2, 0) is 16.1 Å². The van der Waals surface area contributed by atoms with Crippen LogP contribution in [0, 0.1) is 6.92 Å². The van der Waals surface area contributed by atoms with Crippen molar-refractivity contribution < 1.29 is 14.3 Å². The number of methoxy groups -OCH3 is 1. The number of fused-ring (bicyclic) bond motifs is 1. The van der Waals surface area contributed by atoms with E-state index in [4.69, 9.17) is 4.74 Å². The molecule has 1 aliphatic heterocycles. The van der Waals surface area contributed by atoms with Crippen LogP contribution in [0.25, 0.3) is 0 Å². The summed E-state index contributed by atoms with van der Waals surface area (Å²) in [6, 6.07) is 3.67. The molecular weight excluding hydrogens is 356 g/mol. The highest BCUT2D eigenvalue weighted by Crippen LogP contribution is 2.42. The smallest absolute Gasteiger partial charge is 0.225 e. The summed E-state index contributed by atoms with van der Waals surface area (Å²) in [6.45, 7) is 8.25. The Morgan fingerprint density at radius 1 is 1.46 bits per heavy atom. The molecule has 1 aromatic carbocycles. The van der Waals surface area contributed by atoms with Crippen molar-refractivity contribution in [2.75, 3.05) is 17.7 Å². The van der Waals surface area contributed by atoms with E-state index in [1.165, 1.54) is 0 Å². The summed E-state index contributed by atoms with van der Waals surface area (Å²) in [5, 5.41) is 10.4. The molecule has 2 amide bonds. The molecule has 0 aliphatic carbocycles. The first-order valence-electron chi connectivity index (χ1n) is 9.43. The Kier molecular flexibility index (Phi) is 5.82. The number of nitrogens with zero attached hydrogens (tertiary/aromatic N) is 2. The third kappa shape index (κ3) is 3.93. The van der Waals surface area contributed by atoms with Gasteiger partial charge in [0.15, 0.2) is 0 Å². The Bertz CT molecular complexity index is 917. The van der Waals surface area contributed by atoms with Gasteiger partial charge >= 0.3 is 0 Å². The van der Waals surface area contributed by atoms with Crippen LogP contribution in [0.5, 0.6) is 5.75 Å². The summed E-state index contributed by atoms with van der Waals surface area (Å²) in [4.78, 5) is 24.5. The fourth-order valence-electron chi connectivity index (χ4n) is 3.57. The van der Waals surface area contributed by atoms with Crippen molar-refractivity contribution in [3.8, 4) is 5.75 Å². The minimum absolute atomic E-state index is 0.0572. The highest BCUT2D eigenvalue weighted by Gasteiger charge is 2.30. The van der Waals surface area contributed by atoms with E-state index in [2.05, 4.69) is 22.3 Å². The zero-order chi connectivity index (χ0) is 20.3. The number of hydrogen-bond acceptors (Lipinski definition) is 4. The number of hydrogen-bond donors (Lipinski definition) is 2. The van der Waals surface area contributed by atoms with Crippen LogP contribution in [0.15, 0.2) is 31.0 Å². The van der Waals surface area contributed by atoms with Crippen LogP contribution < -0.4 is 15.4 Å². The minimum Gasteiger partial charge on any atom is -0.494 e. The Hall–Kier alpha value is -3.09. The molecule has 0 spiro atoms. The first kappa shape index (κ1) is 19.7. The lowest BCUT2D eigenvalue weighted by Gasteiger charge is -2.27.